The highest BCUT2D eigenvalue weighted by Gasteiger charge is 2.14. The molecule has 5 nitrogen and oxygen atoms in total. The first-order valence-corrected chi connectivity index (χ1v) is 8.39. The summed E-state index contributed by atoms with van der Waals surface area (Å²) in [6, 6.07) is 3.95. The Bertz CT molecular complexity index is 925. The van der Waals surface area contributed by atoms with E-state index in [1.165, 1.54) is 0 Å². The second-order valence-electron chi connectivity index (χ2n) is 5.47. The number of H-pyrrole nitrogens is 1. The van der Waals surface area contributed by atoms with Gasteiger partial charge in [0.25, 0.3) is 5.56 Å². The van der Waals surface area contributed by atoms with Crippen molar-refractivity contribution in [3.63, 3.8) is 0 Å². The summed E-state index contributed by atoms with van der Waals surface area (Å²) in [5.41, 5.74) is 1.40. The van der Waals surface area contributed by atoms with E-state index in [2.05, 4.69) is 10.3 Å². The molecule has 0 saturated heterocycles. The van der Waals surface area contributed by atoms with Crippen molar-refractivity contribution in [2.45, 2.75) is 26.7 Å². The van der Waals surface area contributed by atoms with Gasteiger partial charge in [-0.05, 0) is 66.1 Å². The van der Waals surface area contributed by atoms with E-state index >= 15 is 0 Å². The van der Waals surface area contributed by atoms with Crippen LogP contribution in [-0.4, -0.2) is 10.9 Å². The van der Waals surface area contributed by atoms with Crippen molar-refractivity contribution < 1.29 is 13.6 Å². The lowest BCUT2D eigenvalue weighted by molar-refractivity contribution is -0.116. The topological polar surface area (TPSA) is 85.8 Å². The van der Waals surface area contributed by atoms with Crippen LogP contribution >= 0.6 is 22.6 Å². The van der Waals surface area contributed by atoms with Gasteiger partial charge in [0.15, 0.2) is 0 Å². The van der Waals surface area contributed by atoms with Crippen molar-refractivity contribution in [1.29, 1.82) is 5.26 Å². The van der Waals surface area contributed by atoms with Crippen molar-refractivity contribution in [3.05, 3.63) is 60.1 Å². The molecule has 0 aliphatic heterocycles. The molecule has 8 heteroatoms. The second-order valence-corrected chi connectivity index (χ2v) is 6.55. The number of carbonyl (C=O) groups is 1. The van der Waals surface area contributed by atoms with Gasteiger partial charge >= 0.3 is 0 Å². The van der Waals surface area contributed by atoms with Crippen LogP contribution in [0.25, 0.3) is 0 Å². The zero-order chi connectivity index (χ0) is 18.7. The van der Waals surface area contributed by atoms with Crippen molar-refractivity contribution in [2.75, 3.05) is 5.32 Å². The molecule has 1 aromatic heterocycles. The SMILES string of the molecule is Cc1[nH]c(=O)c(C#N)c(C)c1CCC(=O)Nc1cc(F)c(I)c(F)c1. The fourth-order valence-corrected chi connectivity index (χ4v) is 2.82. The van der Waals surface area contributed by atoms with Crippen LogP contribution in [0, 0.1) is 40.4 Å². The van der Waals surface area contributed by atoms with Gasteiger partial charge in [-0.15, -0.1) is 0 Å². The highest BCUT2D eigenvalue weighted by Crippen LogP contribution is 2.21. The van der Waals surface area contributed by atoms with Crippen molar-refractivity contribution >= 4 is 34.2 Å². The first kappa shape index (κ1) is 19.1. The van der Waals surface area contributed by atoms with E-state index in [1.54, 1.807) is 36.4 Å². The lowest BCUT2D eigenvalue weighted by atomic mass is 9.99. The van der Waals surface area contributed by atoms with Gasteiger partial charge in [0.1, 0.15) is 23.3 Å². The lowest BCUT2D eigenvalue weighted by Crippen LogP contribution is -2.18. The highest BCUT2D eigenvalue weighted by molar-refractivity contribution is 14.1. The van der Waals surface area contributed by atoms with Gasteiger partial charge in [-0.1, -0.05) is 0 Å². The number of aromatic amines is 1. The molecule has 0 bridgehead atoms. The molecule has 25 heavy (non-hydrogen) atoms. The van der Waals surface area contributed by atoms with Gasteiger partial charge < -0.3 is 10.3 Å². The first-order chi connectivity index (χ1) is 11.7. The maximum atomic E-state index is 13.5. The van der Waals surface area contributed by atoms with Crippen LogP contribution in [0.5, 0.6) is 0 Å². The van der Waals surface area contributed by atoms with Crippen LogP contribution in [-0.2, 0) is 11.2 Å². The Hall–Kier alpha value is -2.28. The summed E-state index contributed by atoms with van der Waals surface area (Å²) < 4.78 is 26.9. The van der Waals surface area contributed by atoms with Crippen LogP contribution in [0.4, 0.5) is 14.5 Å². The Morgan fingerprint density at radius 2 is 1.92 bits per heavy atom. The number of nitriles is 1. The fourth-order valence-electron chi connectivity index (χ4n) is 2.51. The number of hydrogen-bond donors (Lipinski definition) is 2. The molecule has 2 N–H and O–H groups in total. The minimum Gasteiger partial charge on any atom is -0.326 e. The minimum absolute atomic E-state index is 0.0165. The first-order valence-electron chi connectivity index (χ1n) is 7.31. The molecule has 0 aliphatic rings. The third-order valence-electron chi connectivity index (χ3n) is 3.79. The largest absolute Gasteiger partial charge is 0.326 e. The molecule has 0 aliphatic carbocycles. The van der Waals surface area contributed by atoms with E-state index < -0.39 is 23.1 Å². The predicted octanol–water partition coefficient (Wildman–Crippen LogP) is 3.32. The zero-order valence-electron chi connectivity index (χ0n) is 13.5. The van der Waals surface area contributed by atoms with Crippen LogP contribution in [0.3, 0.4) is 0 Å². The van der Waals surface area contributed by atoms with Crippen molar-refractivity contribution in [3.8, 4) is 6.07 Å². The Balaban J connectivity index is 2.14. The molecule has 0 unspecified atom stereocenters. The van der Waals surface area contributed by atoms with Crippen LogP contribution in [0.1, 0.15) is 28.8 Å². The molecule has 1 heterocycles. The number of aromatic nitrogens is 1. The molecular formula is C17H14F2IN3O2. The predicted molar refractivity (Wildman–Crippen MR) is 97.3 cm³/mol. The van der Waals surface area contributed by atoms with Crippen molar-refractivity contribution in [1.82, 2.24) is 4.98 Å². The van der Waals surface area contributed by atoms with Crippen molar-refractivity contribution in [2.24, 2.45) is 0 Å². The second kappa shape index (κ2) is 7.74. The van der Waals surface area contributed by atoms with Gasteiger partial charge in [-0.3, -0.25) is 9.59 Å². The molecule has 2 rings (SSSR count). The molecule has 0 spiro atoms. The molecule has 0 saturated carbocycles. The Morgan fingerprint density at radius 1 is 1.32 bits per heavy atom. The lowest BCUT2D eigenvalue weighted by Gasteiger charge is -2.11. The highest BCUT2D eigenvalue weighted by atomic mass is 127. The number of benzene rings is 1. The number of nitrogens with zero attached hydrogens (tertiary/aromatic N) is 1. The zero-order valence-corrected chi connectivity index (χ0v) is 15.6. The summed E-state index contributed by atoms with van der Waals surface area (Å²) in [7, 11) is 0. The van der Waals surface area contributed by atoms with Gasteiger partial charge in [-0.25, -0.2) is 8.78 Å². The molecule has 0 fully saturated rings. The Kier molecular flexibility index (Phi) is 5.89. The number of amides is 1. The average molecular weight is 457 g/mol. The minimum atomic E-state index is -0.748. The normalized spacial score (nSPS) is 10.4. The standard InChI is InChI=1S/C17H14F2IN3O2/c1-8-11(9(2)22-17(25)12(8)7-21)3-4-15(24)23-10-5-13(18)16(20)14(19)6-10/h5-6H,3-4H2,1-2H3,(H,22,25)(H,23,24). The monoisotopic (exact) mass is 457 g/mol. The molecular weight excluding hydrogens is 443 g/mol. The quantitative estimate of drug-likeness (QED) is 0.546. The number of hydrogen-bond acceptors (Lipinski definition) is 3. The summed E-state index contributed by atoms with van der Waals surface area (Å²) in [5, 5.41) is 11.5. The molecule has 1 aromatic carbocycles. The van der Waals surface area contributed by atoms with E-state index in [0.29, 0.717) is 16.8 Å². The summed E-state index contributed by atoms with van der Waals surface area (Å²) in [4.78, 5) is 26.3. The van der Waals surface area contributed by atoms with Gasteiger partial charge in [0.05, 0.1) is 3.57 Å². The van der Waals surface area contributed by atoms with Crippen LogP contribution < -0.4 is 10.9 Å². The third-order valence-corrected chi connectivity index (χ3v) is 4.82. The number of nitrogens with one attached hydrogen (secondary N) is 2. The number of rotatable bonds is 4. The van der Waals surface area contributed by atoms with Gasteiger partial charge in [0.2, 0.25) is 5.91 Å². The van der Waals surface area contributed by atoms with Crippen LogP contribution in [0.2, 0.25) is 0 Å². The number of halogens is 3. The van der Waals surface area contributed by atoms with Crippen LogP contribution in [0.15, 0.2) is 16.9 Å². The van der Waals surface area contributed by atoms with E-state index in [9.17, 15) is 18.4 Å². The molecule has 1 amide bonds. The maximum absolute atomic E-state index is 13.5. The summed E-state index contributed by atoms with van der Waals surface area (Å²) in [6.07, 6.45) is 0.318. The summed E-state index contributed by atoms with van der Waals surface area (Å²) in [5.74, 6) is -1.92. The number of aryl methyl sites for hydroxylation is 1. The van der Waals surface area contributed by atoms with E-state index in [4.69, 9.17) is 5.26 Å². The maximum Gasteiger partial charge on any atom is 0.266 e. The van der Waals surface area contributed by atoms with Gasteiger partial charge in [-0.2, -0.15) is 5.26 Å². The third kappa shape index (κ3) is 4.22. The number of pyridine rings is 1. The van der Waals surface area contributed by atoms with Gasteiger partial charge in [0, 0.05) is 17.8 Å². The number of carbonyl (C=O) groups excluding carboxylic acids is 1. The number of anilines is 1. The fraction of sp³-hybridized carbons (Fsp3) is 0.235. The average Bonchev–Trinajstić information content (AvgIpc) is 2.52. The molecule has 0 radical (unpaired) electrons. The Morgan fingerprint density at radius 3 is 2.48 bits per heavy atom. The molecule has 130 valence electrons. The molecule has 2 aromatic rings. The summed E-state index contributed by atoms with van der Waals surface area (Å²) >= 11 is 1.54. The molecule has 0 atom stereocenters. The van der Waals surface area contributed by atoms with E-state index in [1.807, 2.05) is 6.07 Å². The smallest absolute Gasteiger partial charge is 0.266 e. The van der Waals surface area contributed by atoms with E-state index in [-0.39, 0.29) is 27.7 Å². The van der Waals surface area contributed by atoms with E-state index in [0.717, 1.165) is 12.1 Å². The summed E-state index contributed by atoms with van der Waals surface area (Å²) in [6.45, 7) is 3.34. The Labute approximate surface area is 156 Å².